The van der Waals surface area contributed by atoms with E-state index in [0.717, 1.165) is 22.2 Å². The zero-order chi connectivity index (χ0) is 12.1. The smallest absolute Gasteiger partial charge is 0.307 e. The lowest BCUT2D eigenvalue weighted by Gasteiger charge is -2.09. The first-order valence-corrected chi connectivity index (χ1v) is 5.50. The number of thioether (sulfide) groups is 1. The molecule has 1 rings (SSSR count). The van der Waals surface area contributed by atoms with E-state index in [9.17, 15) is 9.59 Å². The Bertz CT molecular complexity index is 387. The van der Waals surface area contributed by atoms with Crippen molar-refractivity contribution in [2.45, 2.75) is 11.3 Å². The van der Waals surface area contributed by atoms with Crippen LogP contribution < -0.4 is 0 Å². The summed E-state index contributed by atoms with van der Waals surface area (Å²) in [6.07, 6.45) is 0.00652. The number of carbonyl (C=O) groups excluding carboxylic acids is 1. The quantitative estimate of drug-likeness (QED) is 0.820. The molecule has 1 N–H and O–H groups in total. The summed E-state index contributed by atoms with van der Waals surface area (Å²) in [4.78, 5) is 24.1. The van der Waals surface area contributed by atoms with Gasteiger partial charge in [0.25, 0.3) is 5.24 Å². The number of rotatable bonds is 3. The van der Waals surface area contributed by atoms with Crippen LogP contribution in [0.4, 0.5) is 4.79 Å². The van der Waals surface area contributed by atoms with Crippen LogP contribution in [-0.2, 0) is 11.2 Å². The molecule has 0 heterocycles. The van der Waals surface area contributed by atoms with Gasteiger partial charge in [-0.15, -0.1) is 0 Å². The first-order chi connectivity index (χ1) is 7.49. The van der Waals surface area contributed by atoms with Gasteiger partial charge in [0.05, 0.1) is 6.42 Å². The number of aliphatic carboxylic acids is 1. The van der Waals surface area contributed by atoms with Gasteiger partial charge in [0.1, 0.15) is 0 Å². The summed E-state index contributed by atoms with van der Waals surface area (Å²) < 4.78 is 0. The molecule has 0 fully saturated rings. The van der Waals surface area contributed by atoms with Gasteiger partial charge in [0, 0.05) is 19.0 Å². The summed E-state index contributed by atoms with van der Waals surface area (Å²) in [6, 6.07) is 6.95. The zero-order valence-electron chi connectivity index (χ0n) is 9.14. The molecule has 0 atom stereocenters. The Morgan fingerprint density at radius 1 is 1.25 bits per heavy atom. The number of benzene rings is 1. The van der Waals surface area contributed by atoms with E-state index in [2.05, 4.69) is 0 Å². The van der Waals surface area contributed by atoms with Gasteiger partial charge in [-0.05, 0) is 29.5 Å². The molecule has 5 heteroatoms. The van der Waals surface area contributed by atoms with Crippen molar-refractivity contribution >= 4 is 23.0 Å². The lowest BCUT2D eigenvalue weighted by molar-refractivity contribution is -0.136. The van der Waals surface area contributed by atoms with Gasteiger partial charge in [-0.25, -0.2) is 0 Å². The molecule has 0 aliphatic heterocycles. The molecule has 1 aromatic rings. The third-order valence-electron chi connectivity index (χ3n) is 1.85. The molecule has 0 aromatic heterocycles. The fourth-order valence-electron chi connectivity index (χ4n) is 1.04. The fourth-order valence-corrected chi connectivity index (χ4v) is 1.70. The van der Waals surface area contributed by atoms with E-state index in [1.165, 1.54) is 4.90 Å². The molecule has 0 bridgehead atoms. The summed E-state index contributed by atoms with van der Waals surface area (Å²) >= 11 is 1.12. The minimum Gasteiger partial charge on any atom is -0.481 e. The maximum Gasteiger partial charge on any atom is 0.307 e. The lowest BCUT2D eigenvalue weighted by atomic mass is 10.2. The molecule has 0 aliphatic rings. The summed E-state index contributed by atoms with van der Waals surface area (Å²) in [7, 11) is 3.38. The van der Waals surface area contributed by atoms with E-state index in [1.807, 2.05) is 0 Å². The molecule has 4 nitrogen and oxygen atoms in total. The first kappa shape index (κ1) is 12.6. The van der Waals surface area contributed by atoms with E-state index < -0.39 is 5.97 Å². The molecule has 86 valence electrons. The van der Waals surface area contributed by atoms with Gasteiger partial charge in [0.15, 0.2) is 0 Å². The summed E-state index contributed by atoms with van der Waals surface area (Å²) in [5.41, 5.74) is 0.731. The topological polar surface area (TPSA) is 57.6 Å². The number of carboxylic acids is 1. The highest BCUT2D eigenvalue weighted by Gasteiger charge is 2.06. The second-order valence-corrected chi connectivity index (χ2v) is 4.50. The highest BCUT2D eigenvalue weighted by atomic mass is 32.2. The van der Waals surface area contributed by atoms with Crippen molar-refractivity contribution in [3.8, 4) is 0 Å². The molecule has 1 aromatic carbocycles. The average Bonchev–Trinajstić information content (AvgIpc) is 2.20. The maximum absolute atomic E-state index is 11.4. The lowest BCUT2D eigenvalue weighted by Crippen LogP contribution is -2.15. The van der Waals surface area contributed by atoms with E-state index >= 15 is 0 Å². The van der Waals surface area contributed by atoms with Crippen LogP contribution in [0.1, 0.15) is 5.56 Å². The van der Waals surface area contributed by atoms with Gasteiger partial charge in [-0.1, -0.05) is 12.1 Å². The van der Waals surface area contributed by atoms with Gasteiger partial charge in [-0.2, -0.15) is 0 Å². The highest BCUT2D eigenvalue weighted by molar-refractivity contribution is 8.13. The Hall–Kier alpha value is -1.49. The predicted octanol–water partition coefficient (Wildman–Crippen LogP) is 2.09. The van der Waals surface area contributed by atoms with Crippen LogP contribution in [0.2, 0.25) is 0 Å². The third-order valence-corrected chi connectivity index (χ3v) is 2.90. The van der Waals surface area contributed by atoms with Gasteiger partial charge < -0.3 is 10.0 Å². The Labute approximate surface area is 98.3 Å². The highest BCUT2D eigenvalue weighted by Crippen LogP contribution is 2.20. The number of carboxylic acid groups (broad SMARTS) is 1. The Morgan fingerprint density at radius 2 is 1.81 bits per heavy atom. The second kappa shape index (κ2) is 5.55. The molecular formula is C11H13NO3S. The van der Waals surface area contributed by atoms with Gasteiger partial charge >= 0.3 is 5.97 Å². The van der Waals surface area contributed by atoms with E-state index in [-0.39, 0.29) is 11.7 Å². The first-order valence-electron chi connectivity index (χ1n) is 4.69. The Balaban J connectivity index is 2.64. The molecule has 0 saturated heterocycles. The van der Waals surface area contributed by atoms with Crippen LogP contribution in [0.25, 0.3) is 0 Å². The number of carbonyl (C=O) groups is 2. The predicted molar refractivity (Wildman–Crippen MR) is 62.7 cm³/mol. The molecule has 0 saturated carbocycles. The number of hydrogen-bond donors (Lipinski definition) is 1. The van der Waals surface area contributed by atoms with Crippen LogP contribution in [0.5, 0.6) is 0 Å². The van der Waals surface area contributed by atoms with Crippen LogP contribution in [0, 0.1) is 0 Å². The summed E-state index contributed by atoms with van der Waals surface area (Å²) in [6.45, 7) is 0. The fraction of sp³-hybridized carbons (Fsp3) is 0.273. The monoisotopic (exact) mass is 239 g/mol. The van der Waals surface area contributed by atoms with Crippen molar-refractivity contribution in [3.05, 3.63) is 29.8 Å². The number of nitrogens with zero attached hydrogens (tertiary/aromatic N) is 1. The summed E-state index contributed by atoms with van der Waals surface area (Å²) in [5, 5.41) is 8.54. The molecule has 0 unspecified atom stereocenters. The van der Waals surface area contributed by atoms with Crippen LogP contribution in [0.15, 0.2) is 29.2 Å². The van der Waals surface area contributed by atoms with E-state index in [4.69, 9.17) is 5.11 Å². The van der Waals surface area contributed by atoms with Crippen LogP contribution in [0.3, 0.4) is 0 Å². The SMILES string of the molecule is CN(C)C(=O)Sc1ccc(CC(=O)O)cc1. The molecule has 0 aliphatic carbocycles. The third kappa shape index (κ3) is 3.94. The van der Waals surface area contributed by atoms with Crippen molar-refractivity contribution in [3.63, 3.8) is 0 Å². The molecule has 16 heavy (non-hydrogen) atoms. The van der Waals surface area contributed by atoms with Gasteiger partial charge in [0.2, 0.25) is 0 Å². The molecule has 1 amide bonds. The maximum atomic E-state index is 11.4. The second-order valence-electron chi connectivity index (χ2n) is 3.48. The van der Waals surface area contributed by atoms with Crippen molar-refractivity contribution < 1.29 is 14.7 Å². The molecule has 0 spiro atoms. The van der Waals surface area contributed by atoms with E-state index in [0.29, 0.717) is 0 Å². The van der Waals surface area contributed by atoms with Crippen LogP contribution in [-0.4, -0.2) is 35.3 Å². The van der Waals surface area contributed by atoms with Crippen molar-refractivity contribution in [2.24, 2.45) is 0 Å². The van der Waals surface area contributed by atoms with Crippen LogP contribution >= 0.6 is 11.8 Å². The number of amides is 1. The normalized spacial score (nSPS) is 9.88. The van der Waals surface area contributed by atoms with E-state index in [1.54, 1.807) is 38.4 Å². The Kier molecular flexibility index (Phi) is 4.37. The Morgan fingerprint density at radius 3 is 2.25 bits per heavy atom. The minimum atomic E-state index is -0.857. The van der Waals surface area contributed by atoms with Gasteiger partial charge in [-0.3, -0.25) is 9.59 Å². The summed E-state index contributed by atoms with van der Waals surface area (Å²) in [5.74, 6) is -0.857. The number of hydrogen-bond acceptors (Lipinski definition) is 3. The van der Waals surface area contributed by atoms with Crippen molar-refractivity contribution in [1.29, 1.82) is 0 Å². The average molecular weight is 239 g/mol. The standard InChI is InChI=1S/C11H13NO3S/c1-12(2)11(15)16-9-5-3-8(4-6-9)7-10(13)14/h3-6H,7H2,1-2H3,(H,13,14). The van der Waals surface area contributed by atoms with Crippen molar-refractivity contribution in [1.82, 2.24) is 4.90 Å². The molecular weight excluding hydrogens is 226 g/mol. The largest absolute Gasteiger partial charge is 0.481 e. The minimum absolute atomic E-state index is 0.00652. The zero-order valence-corrected chi connectivity index (χ0v) is 9.95. The van der Waals surface area contributed by atoms with Crippen molar-refractivity contribution in [2.75, 3.05) is 14.1 Å². The molecule has 0 radical (unpaired) electrons.